The summed E-state index contributed by atoms with van der Waals surface area (Å²) in [5.74, 6) is 1.15. The molecule has 1 aromatic heterocycles. The van der Waals surface area contributed by atoms with Crippen LogP contribution in [-0.2, 0) is 6.54 Å². The molecule has 1 fully saturated rings. The van der Waals surface area contributed by atoms with Gasteiger partial charge in [-0.3, -0.25) is 0 Å². The van der Waals surface area contributed by atoms with Crippen LogP contribution in [0.4, 0.5) is 10.5 Å². The van der Waals surface area contributed by atoms with Gasteiger partial charge in [-0.1, -0.05) is 6.07 Å². The van der Waals surface area contributed by atoms with Gasteiger partial charge in [0.1, 0.15) is 12.2 Å². The Labute approximate surface area is 140 Å². The molecular formula is C17H20N6O. The number of likely N-dealkylation sites (tertiary alicyclic amines) is 1. The third kappa shape index (κ3) is 3.38. The third-order valence-electron chi connectivity index (χ3n) is 4.30. The molecule has 1 aliphatic heterocycles. The molecule has 3 rings (SSSR count). The molecule has 1 aliphatic rings. The van der Waals surface area contributed by atoms with Gasteiger partial charge in [0.05, 0.1) is 11.6 Å². The number of hydrogen-bond donors (Lipinski definition) is 1. The summed E-state index contributed by atoms with van der Waals surface area (Å²) in [7, 11) is 0. The lowest BCUT2D eigenvalue weighted by Crippen LogP contribution is -2.42. The second kappa shape index (κ2) is 7.13. The van der Waals surface area contributed by atoms with Crippen molar-refractivity contribution in [2.24, 2.45) is 0 Å². The fourth-order valence-corrected chi connectivity index (χ4v) is 3.07. The maximum absolute atomic E-state index is 12.5. The van der Waals surface area contributed by atoms with Crippen LogP contribution in [0, 0.1) is 11.3 Å². The quantitative estimate of drug-likeness (QED) is 0.940. The van der Waals surface area contributed by atoms with Crippen molar-refractivity contribution in [3.8, 4) is 6.07 Å². The number of urea groups is 1. The van der Waals surface area contributed by atoms with E-state index in [0.717, 1.165) is 31.8 Å². The summed E-state index contributed by atoms with van der Waals surface area (Å²) in [5, 5.41) is 20.0. The first-order chi connectivity index (χ1) is 11.7. The van der Waals surface area contributed by atoms with E-state index in [1.165, 1.54) is 0 Å². The summed E-state index contributed by atoms with van der Waals surface area (Å²) >= 11 is 0. The zero-order chi connectivity index (χ0) is 16.9. The average molecular weight is 324 g/mol. The number of amides is 2. The summed E-state index contributed by atoms with van der Waals surface area (Å²) in [6.45, 7) is 4.23. The van der Waals surface area contributed by atoms with E-state index < -0.39 is 0 Å². The number of carbonyl (C=O) groups excluding carboxylic acids is 1. The number of nitrogens with zero attached hydrogens (tertiary/aromatic N) is 5. The van der Waals surface area contributed by atoms with Gasteiger partial charge in [0.2, 0.25) is 0 Å². The lowest BCUT2D eigenvalue weighted by atomic mass is 9.97. The number of carbonyl (C=O) groups is 1. The Morgan fingerprint density at radius 2 is 2.38 bits per heavy atom. The minimum absolute atomic E-state index is 0.141. The van der Waals surface area contributed by atoms with Gasteiger partial charge in [0.15, 0.2) is 0 Å². The highest BCUT2D eigenvalue weighted by Crippen LogP contribution is 2.26. The van der Waals surface area contributed by atoms with Gasteiger partial charge >= 0.3 is 6.03 Å². The van der Waals surface area contributed by atoms with Crippen LogP contribution in [0.5, 0.6) is 0 Å². The van der Waals surface area contributed by atoms with Gasteiger partial charge in [0, 0.05) is 31.2 Å². The number of benzene rings is 1. The van der Waals surface area contributed by atoms with Crippen molar-refractivity contribution in [2.45, 2.75) is 32.2 Å². The van der Waals surface area contributed by atoms with E-state index in [4.69, 9.17) is 5.26 Å². The summed E-state index contributed by atoms with van der Waals surface area (Å²) in [5.41, 5.74) is 1.17. The number of nitrogens with one attached hydrogen (secondary N) is 1. The van der Waals surface area contributed by atoms with E-state index in [9.17, 15) is 4.79 Å². The Bertz CT molecular complexity index is 762. The van der Waals surface area contributed by atoms with Crippen molar-refractivity contribution in [1.82, 2.24) is 19.7 Å². The number of anilines is 1. The highest BCUT2D eigenvalue weighted by Gasteiger charge is 2.27. The average Bonchev–Trinajstić information content (AvgIpc) is 3.10. The van der Waals surface area contributed by atoms with Crippen molar-refractivity contribution in [3.05, 3.63) is 42.0 Å². The number of aryl methyl sites for hydroxylation is 1. The van der Waals surface area contributed by atoms with Crippen LogP contribution >= 0.6 is 0 Å². The molecule has 0 radical (unpaired) electrons. The summed E-state index contributed by atoms with van der Waals surface area (Å²) in [4.78, 5) is 14.3. The Morgan fingerprint density at radius 1 is 1.50 bits per heavy atom. The van der Waals surface area contributed by atoms with Crippen LogP contribution < -0.4 is 5.32 Å². The van der Waals surface area contributed by atoms with E-state index in [1.807, 2.05) is 9.47 Å². The summed E-state index contributed by atoms with van der Waals surface area (Å²) < 4.78 is 2.03. The Kier molecular flexibility index (Phi) is 4.75. The smallest absolute Gasteiger partial charge is 0.321 e. The molecule has 1 aromatic carbocycles. The molecular weight excluding hydrogens is 304 g/mol. The van der Waals surface area contributed by atoms with Crippen molar-refractivity contribution in [2.75, 3.05) is 18.4 Å². The molecule has 2 heterocycles. The minimum atomic E-state index is -0.141. The zero-order valence-corrected chi connectivity index (χ0v) is 13.6. The van der Waals surface area contributed by atoms with E-state index in [0.29, 0.717) is 17.8 Å². The molecule has 2 amide bonds. The van der Waals surface area contributed by atoms with Gasteiger partial charge in [-0.2, -0.15) is 5.26 Å². The van der Waals surface area contributed by atoms with Gasteiger partial charge in [-0.25, -0.2) is 4.79 Å². The molecule has 1 saturated heterocycles. The minimum Gasteiger partial charge on any atom is -0.324 e. The number of aromatic nitrogens is 3. The maximum atomic E-state index is 12.5. The molecule has 2 aromatic rings. The number of hydrogen-bond acceptors (Lipinski definition) is 4. The molecule has 124 valence electrons. The Hall–Kier alpha value is -2.88. The van der Waals surface area contributed by atoms with Crippen molar-refractivity contribution >= 4 is 11.7 Å². The summed E-state index contributed by atoms with van der Waals surface area (Å²) in [6, 6.07) is 8.87. The first-order valence-corrected chi connectivity index (χ1v) is 8.15. The lowest BCUT2D eigenvalue weighted by molar-refractivity contribution is 0.190. The van der Waals surface area contributed by atoms with Crippen molar-refractivity contribution < 1.29 is 4.79 Å². The summed E-state index contributed by atoms with van der Waals surface area (Å²) in [6.07, 6.45) is 3.68. The fourth-order valence-electron chi connectivity index (χ4n) is 3.07. The maximum Gasteiger partial charge on any atom is 0.321 e. The Balaban J connectivity index is 1.68. The second-order valence-electron chi connectivity index (χ2n) is 5.88. The number of piperidine rings is 1. The standard InChI is InChI=1S/C17H20N6O/c1-2-22-12-19-21-16(22)14-6-4-8-23(11-14)17(24)20-15-7-3-5-13(9-15)10-18/h3,5,7,9,12,14H,2,4,6,8,11H2,1H3,(H,20,24)/t14-/m0/s1. The van der Waals surface area contributed by atoms with E-state index in [-0.39, 0.29) is 11.9 Å². The van der Waals surface area contributed by atoms with Gasteiger partial charge in [0.25, 0.3) is 0 Å². The van der Waals surface area contributed by atoms with Gasteiger partial charge in [-0.15, -0.1) is 10.2 Å². The number of nitriles is 1. The molecule has 1 N–H and O–H groups in total. The fraction of sp³-hybridized carbons (Fsp3) is 0.412. The van der Waals surface area contributed by atoms with E-state index >= 15 is 0 Å². The number of rotatable bonds is 3. The molecule has 7 nitrogen and oxygen atoms in total. The third-order valence-corrected chi connectivity index (χ3v) is 4.30. The van der Waals surface area contributed by atoms with E-state index in [2.05, 4.69) is 28.5 Å². The molecule has 0 spiro atoms. The van der Waals surface area contributed by atoms with Gasteiger partial charge in [-0.05, 0) is 38.0 Å². The van der Waals surface area contributed by atoms with Crippen molar-refractivity contribution in [1.29, 1.82) is 5.26 Å². The molecule has 0 aliphatic carbocycles. The first-order valence-electron chi connectivity index (χ1n) is 8.15. The molecule has 1 atom stereocenters. The largest absolute Gasteiger partial charge is 0.324 e. The predicted molar refractivity (Wildman–Crippen MR) is 89.4 cm³/mol. The van der Waals surface area contributed by atoms with Crippen LogP contribution in [0.2, 0.25) is 0 Å². The van der Waals surface area contributed by atoms with Crippen LogP contribution in [0.15, 0.2) is 30.6 Å². The molecule has 0 saturated carbocycles. The highest BCUT2D eigenvalue weighted by molar-refractivity contribution is 5.89. The second-order valence-corrected chi connectivity index (χ2v) is 5.88. The van der Waals surface area contributed by atoms with Crippen LogP contribution in [-0.4, -0.2) is 38.8 Å². The molecule has 0 bridgehead atoms. The SMILES string of the molecule is CCn1cnnc1[C@H]1CCCN(C(=O)Nc2cccc(C#N)c2)C1. The first kappa shape index (κ1) is 16.0. The lowest BCUT2D eigenvalue weighted by Gasteiger charge is -2.32. The topological polar surface area (TPSA) is 86.8 Å². The van der Waals surface area contributed by atoms with Crippen LogP contribution in [0.25, 0.3) is 0 Å². The monoisotopic (exact) mass is 324 g/mol. The Morgan fingerprint density at radius 3 is 3.17 bits per heavy atom. The van der Waals surface area contributed by atoms with Crippen LogP contribution in [0.3, 0.4) is 0 Å². The predicted octanol–water partition coefficient (Wildman–Crippen LogP) is 2.58. The molecule has 7 heteroatoms. The van der Waals surface area contributed by atoms with Crippen LogP contribution in [0.1, 0.15) is 37.1 Å². The molecule has 0 unspecified atom stereocenters. The zero-order valence-electron chi connectivity index (χ0n) is 13.6. The molecule has 24 heavy (non-hydrogen) atoms. The van der Waals surface area contributed by atoms with Crippen molar-refractivity contribution in [3.63, 3.8) is 0 Å². The highest BCUT2D eigenvalue weighted by atomic mass is 16.2. The van der Waals surface area contributed by atoms with Gasteiger partial charge < -0.3 is 14.8 Å². The normalized spacial score (nSPS) is 17.3. The van der Waals surface area contributed by atoms with E-state index in [1.54, 1.807) is 30.6 Å².